The summed E-state index contributed by atoms with van der Waals surface area (Å²) in [5.41, 5.74) is 11.4. The SMILES string of the molecule is COC(=O)C(C)Oc1ccc([N+](=O)[O-])cc1[CH]=[Ru]([Cl])[Cl].Cc1cc(C)c(N2CCN(c3c(C)cc(C)cc3C)C2)c(C)c1. The van der Waals surface area contributed by atoms with Gasteiger partial charge in [0.15, 0.2) is 0 Å². The van der Waals surface area contributed by atoms with Crippen molar-refractivity contribution in [2.24, 2.45) is 0 Å². The molecule has 0 amide bonds. The second-order valence-corrected chi connectivity index (χ2v) is 16.5. The molecular formula is C32H39Cl2N3O5Ru. The van der Waals surface area contributed by atoms with Gasteiger partial charge in [-0.25, -0.2) is 0 Å². The van der Waals surface area contributed by atoms with Crippen molar-refractivity contribution in [1.82, 2.24) is 0 Å². The first-order chi connectivity index (χ1) is 20.2. The molecule has 1 aliphatic heterocycles. The molecule has 8 nitrogen and oxygen atoms in total. The standard InChI is InChI=1S/C21H28N2.C11H11NO5.2ClH.Ru/c1-14-9-16(3)20(17(4)10-14)22-7-8-23(13-22)21-18(5)11-15(2)12-19(21)6;1-7-6-9(12(14)15)4-5-10(7)17-8(2)11(13)16-3;;;/h9-12H,7-8,13H2,1-6H3;1,4-6,8H,2-3H3;2*1H;/q;;;;+2/p-2. The normalized spacial score (nSPS) is 13.6. The number of non-ortho nitro benzene ring substituents is 1. The van der Waals surface area contributed by atoms with Crippen molar-refractivity contribution in [2.75, 3.05) is 36.7 Å². The van der Waals surface area contributed by atoms with E-state index in [9.17, 15) is 14.9 Å². The van der Waals surface area contributed by atoms with Crippen LogP contribution in [0.15, 0.2) is 42.5 Å². The number of esters is 1. The van der Waals surface area contributed by atoms with Gasteiger partial charge in [0, 0.05) is 24.5 Å². The van der Waals surface area contributed by atoms with E-state index in [0.717, 1.165) is 19.8 Å². The van der Waals surface area contributed by atoms with Gasteiger partial charge in [-0.3, -0.25) is 0 Å². The Morgan fingerprint density at radius 3 is 1.77 bits per heavy atom. The van der Waals surface area contributed by atoms with Crippen LogP contribution in [0.2, 0.25) is 0 Å². The summed E-state index contributed by atoms with van der Waals surface area (Å²) in [7, 11) is 12.8. The molecule has 0 radical (unpaired) electrons. The summed E-state index contributed by atoms with van der Waals surface area (Å²) in [6, 6.07) is 13.2. The van der Waals surface area contributed by atoms with Gasteiger partial charge in [-0.1, -0.05) is 35.4 Å². The number of benzene rings is 3. The van der Waals surface area contributed by atoms with Gasteiger partial charge in [-0.15, -0.1) is 0 Å². The Labute approximate surface area is 267 Å². The monoisotopic (exact) mass is 717 g/mol. The van der Waals surface area contributed by atoms with Gasteiger partial charge in [0.1, 0.15) is 0 Å². The predicted octanol–water partition coefficient (Wildman–Crippen LogP) is 7.43. The Morgan fingerprint density at radius 1 is 0.907 bits per heavy atom. The van der Waals surface area contributed by atoms with E-state index in [2.05, 4.69) is 80.3 Å². The average Bonchev–Trinajstić information content (AvgIpc) is 3.36. The Hall–Kier alpha value is -3.00. The summed E-state index contributed by atoms with van der Waals surface area (Å²) in [5, 5.41) is 10.7. The predicted molar refractivity (Wildman–Crippen MR) is 173 cm³/mol. The van der Waals surface area contributed by atoms with E-state index >= 15 is 0 Å². The van der Waals surface area contributed by atoms with E-state index in [1.165, 1.54) is 81.6 Å². The van der Waals surface area contributed by atoms with Crippen LogP contribution >= 0.6 is 19.4 Å². The van der Waals surface area contributed by atoms with Crippen molar-refractivity contribution in [3.63, 3.8) is 0 Å². The number of nitro benzene ring substituents is 1. The second-order valence-electron chi connectivity index (χ2n) is 10.7. The molecule has 1 fully saturated rings. The molecule has 1 aliphatic rings. The first-order valence-corrected chi connectivity index (χ1v) is 19.2. The van der Waals surface area contributed by atoms with Crippen molar-refractivity contribution in [2.45, 2.75) is 54.6 Å². The molecule has 0 N–H and O–H groups in total. The van der Waals surface area contributed by atoms with Crippen molar-refractivity contribution in [1.29, 1.82) is 0 Å². The van der Waals surface area contributed by atoms with Gasteiger partial charge in [0.2, 0.25) is 0 Å². The van der Waals surface area contributed by atoms with Crippen molar-refractivity contribution in [3.05, 3.63) is 91.5 Å². The van der Waals surface area contributed by atoms with E-state index in [4.69, 9.17) is 24.1 Å². The zero-order valence-electron chi connectivity index (χ0n) is 25.8. The number of ether oxygens (including phenoxy) is 2. The van der Waals surface area contributed by atoms with Gasteiger partial charge >= 0.3 is 128 Å². The molecule has 0 aromatic heterocycles. The van der Waals surface area contributed by atoms with Crippen LogP contribution in [0.25, 0.3) is 0 Å². The Bertz CT molecular complexity index is 1430. The van der Waals surface area contributed by atoms with Crippen molar-refractivity contribution >= 4 is 47.0 Å². The first kappa shape index (κ1) is 34.5. The molecular weight excluding hydrogens is 678 g/mol. The number of carbonyl (C=O) groups excluding carboxylic acids is 1. The third-order valence-corrected chi connectivity index (χ3v) is 8.95. The maximum absolute atomic E-state index is 11.3. The summed E-state index contributed by atoms with van der Waals surface area (Å²) in [6.07, 6.45) is -0.847. The fraction of sp³-hybridized carbons (Fsp3) is 0.375. The number of nitro groups is 1. The van der Waals surface area contributed by atoms with Gasteiger partial charge in [-0.2, -0.15) is 0 Å². The molecule has 4 rings (SSSR count). The van der Waals surface area contributed by atoms with Gasteiger partial charge in [-0.05, 0) is 63.8 Å². The third-order valence-electron chi connectivity index (χ3n) is 7.11. The summed E-state index contributed by atoms with van der Waals surface area (Å²) < 4.78 is 11.5. The van der Waals surface area contributed by atoms with Crippen molar-refractivity contribution < 1.29 is 32.7 Å². The van der Waals surface area contributed by atoms with Crippen molar-refractivity contribution in [3.8, 4) is 5.75 Å². The molecule has 43 heavy (non-hydrogen) atoms. The van der Waals surface area contributed by atoms with Crippen LogP contribution in [0.5, 0.6) is 5.75 Å². The molecule has 234 valence electrons. The van der Waals surface area contributed by atoms with E-state index in [1.54, 1.807) is 0 Å². The fourth-order valence-electron chi connectivity index (χ4n) is 5.62. The minimum atomic E-state index is -2.19. The number of nitrogens with zero attached hydrogens (tertiary/aromatic N) is 3. The summed E-state index contributed by atoms with van der Waals surface area (Å²) in [5.74, 6) is -0.270. The molecule has 0 saturated carbocycles. The Balaban J connectivity index is 0.000000238. The van der Waals surface area contributed by atoms with Gasteiger partial charge in [0.05, 0.1) is 6.67 Å². The zero-order valence-corrected chi connectivity index (χ0v) is 29.1. The van der Waals surface area contributed by atoms with Crippen LogP contribution in [-0.2, 0) is 23.0 Å². The van der Waals surface area contributed by atoms with Gasteiger partial charge < -0.3 is 9.80 Å². The van der Waals surface area contributed by atoms with E-state index in [0.29, 0.717) is 5.56 Å². The van der Waals surface area contributed by atoms with Crippen LogP contribution in [-0.4, -0.2) is 48.5 Å². The Morgan fingerprint density at radius 2 is 1.37 bits per heavy atom. The first-order valence-electron chi connectivity index (χ1n) is 13.7. The van der Waals surface area contributed by atoms with E-state index in [-0.39, 0.29) is 11.4 Å². The van der Waals surface area contributed by atoms with E-state index in [1.807, 2.05) is 0 Å². The largest absolute Gasteiger partial charge is 0.352 e. The number of methoxy groups -OCH3 is 1. The fourth-order valence-corrected chi connectivity index (χ4v) is 7.40. The number of halogens is 2. The molecule has 0 bridgehead atoms. The van der Waals surface area contributed by atoms with Crippen LogP contribution in [0.3, 0.4) is 0 Å². The molecule has 3 aromatic rings. The van der Waals surface area contributed by atoms with Gasteiger partial charge in [0.25, 0.3) is 0 Å². The second kappa shape index (κ2) is 15.1. The third kappa shape index (κ3) is 9.01. The number of hydrogen-bond acceptors (Lipinski definition) is 7. The summed E-state index contributed by atoms with van der Waals surface area (Å²) >= 11 is -2.19. The van der Waals surface area contributed by atoms with Crippen LogP contribution in [0.4, 0.5) is 17.1 Å². The topological polar surface area (TPSA) is 85.1 Å². The molecule has 11 heteroatoms. The molecule has 1 heterocycles. The van der Waals surface area contributed by atoms with Crippen LogP contribution < -0.4 is 14.5 Å². The molecule has 1 atom stereocenters. The molecule has 0 aliphatic carbocycles. The molecule has 3 aromatic carbocycles. The zero-order chi connectivity index (χ0) is 32.0. The minimum Gasteiger partial charge on any atom is -0.352 e. The number of carbonyl (C=O) groups is 1. The number of hydrogen-bond donors (Lipinski definition) is 0. The Kier molecular flexibility index (Phi) is 12.1. The molecule has 1 unspecified atom stereocenters. The smallest absolute Gasteiger partial charge is 0.0904 e. The summed E-state index contributed by atoms with van der Waals surface area (Å²) in [6.45, 7) is 18.0. The quantitative estimate of drug-likeness (QED) is 0.109. The summed E-state index contributed by atoms with van der Waals surface area (Å²) in [4.78, 5) is 26.6. The molecule has 1 saturated heterocycles. The molecule has 0 spiro atoms. The van der Waals surface area contributed by atoms with E-state index < -0.39 is 30.5 Å². The maximum atomic E-state index is 11.3. The van der Waals surface area contributed by atoms with Crippen LogP contribution in [0.1, 0.15) is 45.9 Å². The number of rotatable bonds is 7. The number of anilines is 2. The minimum absolute atomic E-state index is 0.113. The average molecular weight is 718 g/mol. The number of aryl methyl sites for hydroxylation is 6. The van der Waals surface area contributed by atoms with Crippen LogP contribution in [0, 0.1) is 51.7 Å². The maximum Gasteiger partial charge on any atom is 0.0904 e.